The Kier molecular flexibility index (Phi) is 3.12. The maximum absolute atomic E-state index is 13.8. The Labute approximate surface area is 116 Å². The van der Waals surface area contributed by atoms with Crippen molar-refractivity contribution in [1.82, 2.24) is 0 Å². The number of fused-ring (bicyclic) bond motifs is 1. The van der Waals surface area contributed by atoms with Crippen LogP contribution in [-0.2, 0) is 0 Å². The van der Waals surface area contributed by atoms with Gasteiger partial charge in [-0.2, -0.15) is 0 Å². The summed E-state index contributed by atoms with van der Waals surface area (Å²) in [5.74, 6) is -9.72. The first-order valence-electron chi connectivity index (χ1n) is 6.01. The number of halogens is 5. The first-order valence-corrected chi connectivity index (χ1v) is 6.01. The lowest BCUT2D eigenvalue weighted by molar-refractivity contribution is 0.381. The average Bonchev–Trinajstić information content (AvgIpc) is 2.51. The number of rotatable bonds is 1. The van der Waals surface area contributed by atoms with Gasteiger partial charge in [0.1, 0.15) is 0 Å². The van der Waals surface area contributed by atoms with Gasteiger partial charge < -0.3 is 0 Å². The smallest absolute Gasteiger partial charge is 0.200 e. The minimum atomic E-state index is -2.16. The van der Waals surface area contributed by atoms with Gasteiger partial charge in [-0.1, -0.05) is 36.4 Å². The third-order valence-corrected chi connectivity index (χ3v) is 3.25. The van der Waals surface area contributed by atoms with E-state index in [1.54, 1.807) is 30.3 Å². The van der Waals surface area contributed by atoms with Crippen LogP contribution in [0.3, 0.4) is 0 Å². The molecule has 0 aliphatic heterocycles. The molecule has 0 saturated heterocycles. The fraction of sp³-hybridized carbons (Fsp3) is 0. The van der Waals surface area contributed by atoms with Crippen LogP contribution in [0.1, 0.15) is 0 Å². The average molecular weight is 294 g/mol. The van der Waals surface area contributed by atoms with Crippen molar-refractivity contribution in [2.45, 2.75) is 0 Å². The highest BCUT2D eigenvalue weighted by molar-refractivity contribution is 5.87. The van der Waals surface area contributed by atoms with Crippen LogP contribution in [0.2, 0.25) is 0 Å². The minimum Gasteiger partial charge on any atom is -0.203 e. The second-order valence-corrected chi connectivity index (χ2v) is 4.51. The van der Waals surface area contributed by atoms with Crippen LogP contribution in [0, 0.1) is 29.1 Å². The molecule has 0 nitrogen and oxygen atoms in total. The predicted octanol–water partition coefficient (Wildman–Crippen LogP) is 5.20. The number of hydrogen-bond donors (Lipinski definition) is 0. The van der Waals surface area contributed by atoms with Gasteiger partial charge in [-0.3, -0.25) is 0 Å². The highest BCUT2D eigenvalue weighted by Gasteiger charge is 2.26. The summed E-state index contributed by atoms with van der Waals surface area (Å²) in [6, 6.07) is 11.2. The van der Waals surface area contributed by atoms with Crippen molar-refractivity contribution in [2.75, 3.05) is 0 Å². The van der Waals surface area contributed by atoms with E-state index in [0.29, 0.717) is 5.39 Å². The summed E-state index contributed by atoms with van der Waals surface area (Å²) in [5.41, 5.74) is -0.987. The van der Waals surface area contributed by atoms with Crippen LogP contribution < -0.4 is 0 Å². The van der Waals surface area contributed by atoms with Gasteiger partial charge >= 0.3 is 0 Å². The van der Waals surface area contributed by atoms with Crippen molar-refractivity contribution < 1.29 is 22.0 Å². The largest absolute Gasteiger partial charge is 0.203 e. The fourth-order valence-electron chi connectivity index (χ4n) is 2.20. The topological polar surface area (TPSA) is 0 Å². The van der Waals surface area contributed by atoms with Gasteiger partial charge in [0.2, 0.25) is 5.82 Å². The molecule has 0 saturated carbocycles. The summed E-state index contributed by atoms with van der Waals surface area (Å²) in [7, 11) is 0. The van der Waals surface area contributed by atoms with Crippen molar-refractivity contribution in [1.29, 1.82) is 0 Å². The third-order valence-electron chi connectivity index (χ3n) is 3.25. The molecule has 0 atom stereocenters. The van der Waals surface area contributed by atoms with Crippen LogP contribution in [0.15, 0.2) is 42.5 Å². The lowest BCUT2D eigenvalue weighted by atomic mass is 10.00. The van der Waals surface area contributed by atoms with Gasteiger partial charge in [-0.05, 0) is 22.4 Å². The molecule has 0 bridgehead atoms. The molecule has 0 radical (unpaired) electrons. The Bertz CT molecular complexity index is 826. The monoisotopic (exact) mass is 294 g/mol. The summed E-state index contributed by atoms with van der Waals surface area (Å²) in [6.45, 7) is 0. The first-order chi connectivity index (χ1) is 10.0. The molecule has 3 rings (SSSR count). The van der Waals surface area contributed by atoms with E-state index < -0.39 is 34.6 Å². The Morgan fingerprint density at radius 2 is 1.05 bits per heavy atom. The molecule has 0 spiro atoms. The molecule has 0 aliphatic rings. The zero-order valence-corrected chi connectivity index (χ0v) is 10.4. The maximum atomic E-state index is 13.8. The summed E-state index contributed by atoms with van der Waals surface area (Å²) < 4.78 is 67.1. The Balaban J connectivity index is 2.32. The molecule has 5 heteroatoms. The maximum Gasteiger partial charge on any atom is 0.200 e. The Hall–Kier alpha value is -2.43. The molecule has 3 aromatic rings. The zero-order valence-electron chi connectivity index (χ0n) is 10.4. The van der Waals surface area contributed by atoms with E-state index in [0.717, 1.165) is 5.39 Å². The van der Waals surface area contributed by atoms with Crippen molar-refractivity contribution in [3.8, 4) is 11.1 Å². The van der Waals surface area contributed by atoms with Crippen LogP contribution in [-0.4, -0.2) is 0 Å². The second kappa shape index (κ2) is 4.84. The zero-order chi connectivity index (χ0) is 15.1. The van der Waals surface area contributed by atoms with Crippen LogP contribution in [0.25, 0.3) is 21.9 Å². The number of hydrogen-bond acceptors (Lipinski definition) is 0. The highest BCUT2D eigenvalue weighted by Crippen LogP contribution is 2.33. The van der Waals surface area contributed by atoms with E-state index >= 15 is 0 Å². The lowest BCUT2D eigenvalue weighted by Crippen LogP contribution is -2.03. The molecule has 21 heavy (non-hydrogen) atoms. The van der Waals surface area contributed by atoms with E-state index in [2.05, 4.69) is 0 Å². The normalized spacial score (nSPS) is 11.1. The van der Waals surface area contributed by atoms with Gasteiger partial charge in [-0.25, -0.2) is 22.0 Å². The Morgan fingerprint density at radius 1 is 0.524 bits per heavy atom. The quantitative estimate of drug-likeness (QED) is 0.328. The summed E-state index contributed by atoms with van der Waals surface area (Å²) in [5, 5.41) is 1.43. The van der Waals surface area contributed by atoms with Gasteiger partial charge in [0.25, 0.3) is 0 Å². The van der Waals surface area contributed by atoms with E-state index in [9.17, 15) is 22.0 Å². The van der Waals surface area contributed by atoms with Crippen LogP contribution in [0.5, 0.6) is 0 Å². The molecule has 0 amide bonds. The summed E-state index contributed by atoms with van der Waals surface area (Å²) in [4.78, 5) is 0. The summed E-state index contributed by atoms with van der Waals surface area (Å²) >= 11 is 0. The molecule has 0 N–H and O–H groups in total. The van der Waals surface area contributed by atoms with E-state index in [1.807, 2.05) is 0 Å². The SMILES string of the molecule is Fc1c(F)c(F)c(-c2ccc3ccccc3c2)c(F)c1F. The van der Waals surface area contributed by atoms with E-state index in [-0.39, 0.29) is 5.56 Å². The standard InChI is InChI=1S/C16H7F5/c17-12-11(13(18)15(20)16(21)14(12)19)10-6-5-8-3-1-2-4-9(8)7-10/h1-7H. The molecule has 0 aromatic heterocycles. The van der Waals surface area contributed by atoms with Gasteiger partial charge in [-0.15, -0.1) is 0 Å². The molecular formula is C16H7F5. The fourth-order valence-corrected chi connectivity index (χ4v) is 2.20. The Morgan fingerprint density at radius 3 is 1.67 bits per heavy atom. The van der Waals surface area contributed by atoms with Crippen molar-refractivity contribution in [3.05, 3.63) is 71.6 Å². The van der Waals surface area contributed by atoms with Crippen molar-refractivity contribution in [2.24, 2.45) is 0 Å². The molecule has 0 heterocycles. The van der Waals surface area contributed by atoms with Gasteiger partial charge in [0, 0.05) is 0 Å². The van der Waals surface area contributed by atoms with Gasteiger partial charge in [0.15, 0.2) is 23.3 Å². The second-order valence-electron chi connectivity index (χ2n) is 4.51. The first kappa shape index (κ1) is 13.5. The van der Waals surface area contributed by atoms with Gasteiger partial charge in [0.05, 0.1) is 5.56 Å². The molecule has 106 valence electrons. The van der Waals surface area contributed by atoms with E-state index in [4.69, 9.17) is 0 Å². The van der Waals surface area contributed by atoms with Crippen molar-refractivity contribution in [3.63, 3.8) is 0 Å². The molecular weight excluding hydrogens is 287 g/mol. The van der Waals surface area contributed by atoms with E-state index in [1.165, 1.54) is 12.1 Å². The number of benzene rings is 3. The summed E-state index contributed by atoms with van der Waals surface area (Å²) in [6.07, 6.45) is 0. The molecule has 0 aliphatic carbocycles. The predicted molar refractivity (Wildman–Crippen MR) is 69.2 cm³/mol. The van der Waals surface area contributed by atoms with Crippen molar-refractivity contribution >= 4 is 10.8 Å². The molecule has 0 unspecified atom stereocenters. The molecule has 0 fully saturated rings. The minimum absolute atomic E-state index is 0.0681. The molecule has 3 aromatic carbocycles. The van der Waals surface area contributed by atoms with Crippen LogP contribution in [0.4, 0.5) is 22.0 Å². The van der Waals surface area contributed by atoms with Crippen LogP contribution >= 0.6 is 0 Å². The highest BCUT2D eigenvalue weighted by atomic mass is 19.2. The third kappa shape index (κ3) is 2.05. The lowest BCUT2D eigenvalue weighted by Gasteiger charge is -2.09.